The first kappa shape index (κ1) is 32.9. The molecule has 0 bridgehead atoms. The number of aliphatic imine (C=N–C) groups is 2. The van der Waals surface area contributed by atoms with E-state index in [9.17, 15) is 0 Å². The number of ether oxygens (including phenoxy) is 2. The zero-order valence-electron chi connectivity index (χ0n) is 28.9. The predicted molar refractivity (Wildman–Crippen MR) is 211 cm³/mol. The van der Waals surface area contributed by atoms with Crippen LogP contribution in [0.5, 0.6) is 23.0 Å². The Morgan fingerprint density at radius 2 is 0.882 bits per heavy atom. The molecule has 0 atom stereocenters. The van der Waals surface area contributed by atoms with E-state index in [2.05, 4.69) is 11.7 Å². The van der Waals surface area contributed by atoms with Crippen LogP contribution >= 0.6 is 14.3 Å². The minimum absolute atomic E-state index is 0.352. The second-order valence-corrected chi connectivity index (χ2v) is 18.7. The van der Waals surface area contributed by atoms with Crippen molar-refractivity contribution in [1.29, 1.82) is 0 Å². The van der Waals surface area contributed by atoms with E-state index in [0.717, 1.165) is 38.7 Å². The molecule has 0 amide bonds. The second-order valence-electron chi connectivity index (χ2n) is 13.3. The van der Waals surface area contributed by atoms with Gasteiger partial charge in [0.25, 0.3) is 0 Å². The molecule has 6 nitrogen and oxygen atoms in total. The van der Waals surface area contributed by atoms with Crippen LogP contribution in [-0.4, -0.2) is 12.6 Å². The number of fused-ring (bicyclic) bond motifs is 4. The van der Waals surface area contributed by atoms with Gasteiger partial charge in [-0.2, -0.15) is 0 Å². The van der Waals surface area contributed by atoms with Gasteiger partial charge in [0.05, 0.1) is 27.8 Å². The lowest BCUT2D eigenvalue weighted by atomic mass is 10.2. The second kappa shape index (κ2) is 12.5. The van der Waals surface area contributed by atoms with Gasteiger partial charge in [-0.05, 0) is 88.5 Å². The van der Waals surface area contributed by atoms with Crippen LogP contribution in [0.1, 0.15) is 33.4 Å². The maximum Gasteiger partial charge on any atom is 0.178 e. The van der Waals surface area contributed by atoms with Crippen LogP contribution < -0.4 is 41.3 Å². The molecule has 2 aliphatic rings. The van der Waals surface area contributed by atoms with Gasteiger partial charge >= 0.3 is 0 Å². The average Bonchev–Trinajstić information content (AvgIpc) is 3.14. The molecule has 0 radical (unpaired) electrons. The molecule has 0 unspecified atom stereocenters. The van der Waals surface area contributed by atoms with Crippen LogP contribution in [0.4, 0.5) is 0 Å². The van der Waals surface area contributed by atoms with Crippen molar-refractivity contribution in [3.8, 4) is 23.0 Å². The molecular weight excluding hydrogens is 670 g/mol. The molecule has 6 aromatic rings. The van der Waals surface area contributed by atoms with Crippen LogP contribution in [-0.2, 0) is 15.7 Å². The molecule has 0 spiro atoms. The van der Waals surface area contributed by atoms with Crippen molar-refractivity contribution >= 4 is 58.7 Å². The Kier molecular flexibility index (Phi) is 8.06. The molecule has 0 N–H and O–H groups in total. The van der Waals surface area contributed by atoms with E-state index < -0.39 is 14.3 Å². The fourth-order valence-electron chi connectivity index (χ4n) is 6.92. The number of nitrogens with zero attached hydrogens (tertiary/aromatic N) is 2. The summed E-state index contributed by atoms with van der Waals surface area (Å²) in [5, 5.41) is 4.29. The van der Waals surface area contributed by atoms with E-state index in [1.807, 2.05) is 149 Å². The summed E-state index contributed by atoms with van der Waals surface area (Å²) in [6.07, 6.45) is 0. The smallest absolute Gasteiger partial charge is 0.178 e. The summed E-state index contributed by atoms with van der Waals surface area (Å²) in [4.78, 5) is 9.05. The third-order valence-corrected chi connectivity index (χ3v) is 15.8. The first-order valence-electron chi connectivity index (χ1n) is 16.8. The molecular formula is C43H36N2O4P2. The highest BCUT2D eigenvalue weighted by atomic mass is 31.2. The minimum atomic E-state index is -3.23. The molecule has 252 valence electrons. The van der Waals surface area contributed by atoms with Gasteiger partial charge in [0.1, 0.15) is 23.0 Å². The van der Waals surface area contributed by atoms with E-state index in [1.54, 1.807) is 0 Å². The van der Waals surface area contributed by atoms with Crippen LogP contribution in [0.25, 0.3) is 0 Å². The third kappa shape index (κ3) is 5.51. The van der Waals surface area contributed by atoms with Crippen LogP contribution in [0.3, 0.4) is 0 Å². The van der Waals surface area contributed by atoms with E-state index >= 15 is 9.13 Å². The topological polar surface area (TPSA) is 77.3 Å². The average molecular weight is 707 g/mol. The lowest BCUT2D eigenvalue weighted by Crippen LogP contribution is -2.31. The normalized spacial score (nSPS) is 14.9. The Morgan fingerprint density at radius 1 is 0.529 bits per heavy atom. The fourth-order valence-corrected chi connectivity index (χ4v) is 13.0. The van der Waals surface area contributed by atoms with E-state index in [1.165, 1.54) is 0 Å². The summed E-state index contributed by atoms with van der Waals surface area (Å²) in [7, 11) is -6.43. The number of benzene rings is 6. The summed E-state index contributed by atoms with van der Waals surface area (Å²) >= 11 is 0. The maximum atomic E-state index is 15.2. The Bertz CT molecular complexity index is 2410. The van der Waals surface area contributed by atoms with Gasteiger partial charge in [-0.3, -0.25) is 4.99 Å². The highest BCUT2D eigenvalue weighted by Gasteiger charge is 2.40. The summed E-state index contributed by atoms with van der Waals surface area (Å²) in [5.41, 5.74) is 5.79. The third-order valence-electron chi connectivity index (χ3n) is 9.60. The van der Waals surface area contributed by atoms with Crippen molar-refractivity contribution in [2.75, 3.05) is 0 Å². The fraction of sp³-hybridized carbons (Fsp3) is 0.116. The highest BCUT2D eigenvalue weighted by Crippen LogP contribution is 2.53. The van der Waals surface area contributed by atoms with E-state index in [4.69, 9.17) is 14.5 Å². The molecule has 2 aliphatic heterocycles. The molecule has 6 aromatic carbocycles. The molecule has 0 aromatic heterocycles. The zero-order valence-corrected chi connectivity index (χ0v) is 30.7. The standard InChI is InChI=1S/C43H36N2O4P2/c1-27-6-18-35-39(22-27)50(46,40-23-28(2)7-19-36(40)48-35)33-14-10-31(11-15-33)26-45-43(44-5)32-12-16-34(17-13-32)51(47)41-24-29(3)8-20-37(41)49-38-21-9-30(4)25-42(38)51/h6-25H,5,26H2,1-4H3. The van der Waals surface area contributed by atoms with Crippen molar-refractivity contribution in [3.63, 3.8) is 0 Å². The number of aryl methyl sites for hydroxylation is 4. The van der Waals surface area contributed by atoms with Gasteiger partial charge in [0, 0.05) is 16.2 Å². The van der Waals surface area contributed by atoms with E-state index in [0.29, 0.717) is 61.9 Å². The summed E-state index contributed by atoms with van der Waals surface area (Å²) in [6.45, 7) is 12.1. The van der Waals surface area contributed by atoms with Gasteiger partial charge in [0.2, 0.25) is 0 Å². The molecule has 8 heteroatoms. The molecule has 8 rings (SSSR count). The minimum Gasteiger partial charge on any atom is -0.456 e. The van der Waals surface area contributed by atoms with Gasteiger partial charge < -0.3 is 18.6 Å². The summed E-state index contributed by atoms with van der Waals surface area (Å²) in [5.74, 6) is 2.97. The van der Waals surface area contributed by atoms with Crippen molar-refractivity contribution in [3.05, 3.63) is 155 Å². The SMILES string of the molecule is C=NC(=NCc1ccc(P2(=O)c3cc(C)ccc3Oc3ccc(C)cc32)cc1)c1ccc(P2(=O)c3cc(C)ccc3Oc3ccc(C)cc32)cc1. The molecule has 0 fully saturated rings. The molecule has 0 saturated carbocycles. The van der Waals surface area contributed by atoms with Crippen LogP contribution in [0.15, 0.2) is 131 Å². The first-order chi connectivity index (χ1) is 24.6. The lowest BCUT2D eigenvalue weighted by Gasteiger charge is -2.29. The molecule has 0 aliphatic carbocycles. The highest BCUT2D eigenvalue weighted by molar-refractivity contribution is 7.86. The van der Waals surface area contributed by atoms with Crippen molar-refractivity contribution < 1.29 is 18.6 Å². The zero-order chi connectivity index (χ0) is 35.5. The summed E-state index contributed by atoms with van der Waals surface area (Å²) < 4.78 is 42.8. The van der Waals surface area contributed by atoms with Gasteiger partial charge in [-0.15, -0.1) is 0 Å². The maximum absolute atomic E-state index is 15.2. The Labute approximate surface area is 298 Å². The Hall–Kier alpha value is -5.28. The van der Waals surface area contributed by atoms with Gasteiger partial charge in [-0.25, -0.2) is 4.99 Å². The van der Waals surface area contributed by atoms with Crippen molar-refractivity contribution in [1.82, 2.24) is 0 Å². The first-order valence-corrected chi connectivity index (χ1v) is 20.2. The van der Waals surface area contributed by atoms with Gasteiger partial charge in [-0.1, -0.05) is 95.1 Å². The molecule has 0 saturated heterocycles. The predicted octanol–water partition coefficient (Wildman–Crippen LogP) is 8.06. The van der Waals surface area contributed by atoms with Crippen LogP contribution in [0, 0.1) is 27.7 Å². The lowest BCUT2D eigenvalue weighted by molar-refractivity contribution is 0.484. The monoisotopic (exact) mass is 706 g/mol. The Morgan fingerprint density at radius 3 is 1.24 bits per heavy atom. The Balaban J connectivity index is 1.10. The number of amidine groups is 1. The van der Waals surface area contributed by atoms with E-state index in [-0.39, 0.29) is 0 Å². The number of hydrogen-bond donors (Lipinski definition) is 0. The van der Waals surface area contributed by atoms with Crippen LogP contribution in [0.2, 0.25) is 0 Å². The van der Waals surface area contributed by atoms with Gasteiger partial charge in [0.15, 0.2) is 20.1 Å². The number of hydrogen-bond acceptors (Lipinski definition) is 5. The largest absolute Gasteiger partial charge is 0.456 e. The van der Waals surface area contributed by atoms with Crippen molar-refractivity contribution in [2.45, 2.75) is 34.2 Å². The summed E-state index contributed by atoms with van der Waals surface area (Å²) in [6, 6.07) is 38.8. The molecule has 2 heterocycles. The number of rotatable bonds is 5. The quantitative estimate of drug-likeness (QED) is 0.103. The molecule has 51 heavy (non-hydrogen) atoms. The van der Waals surface area contributed by atoms with Crippen molar-refractivity contribution in [2.24, 2.45) is 9.98 Å².